The van der Waals surface area contributed by atoms with Crippen molar-refractivity contribution in [2.75, 3.05) is 19.8 Å². The zero-order valence-electron chi connectivity index (χ0n) is 14.0. The Kier molecular flexibility index (Phi) is 5.52. The summed E-state index contributed by atoms with van der Waals surface area (Å²) in [6, 6.07) is 4.59. The Morgan fingerprint density at radius 1 is 1.24 bits per heavy atom. The van der Waals surface area contributed by atoms with Crippen molar-refractivity contribution in [3.63, 3.8) is 0 Å². The molecule has 1 atom stereocenters. The highest BCUT2D eigenvalue weighted by molar-refractivity contribution is 7.89. The molecule has 0 saturated heterocycles. The maximum Gasteiger partial charge on any atom is 0.416 e. The van der Waals surface area contributed by atoms with Crippen LogP contribution in [0, 0.1) is 0 Å². The number of hydrogen-bond donors (Lipinski definition) is 0. The van der Waals surface area contributed by atoms with Gasteiger partial charge in [0.15, 0.2) is 0 Å². The second-order valence-corrected chi connectivity index (χ2v) is 8.10. The molecule has 0 spiro atoms. The summed E-state index contributed by atoms with van der Waals surface area (Å²) in [6.07, 6.45) is -2.86. The molecule has 0 radical (unpaired) electrons. The molecule has 1 aromatic heterocycles. The number of hydrogen-bond acceptors (Lipinski definition) is 4. The molecule has 138 valence electrons. The Balaban J connectivity index is 2.21. The van der Waals surface area contributed by atoms with Crippen LogP contribution < -0.4 is 0 Å². The van der Waals surface area contributed by atoms with Crippen molar-refractivity contribution in [2.24, 2.45) is 0 Å². The van der Waals surface area contributed by atoms with Crippen molar-refractivity contribution in [2.45, 2.75) is 25.6 Å². The van der Waals surface area contributed by atoms with Gasteiger partial charge in [-0.05, 0) is 18.6 Å². The van der Waals surface area contributed by atoms with Crippen LogP contribution in [-0.2, 0) is 22.6 Å². The summed E-state index contributed by atoms with van der Waals surface area (Å²) < 4.78 is 65.4. The van der Waals surface area contributed by atoms with E-state index < -0.39 is 27.8 Å². The summed E-state index contributed by atoms with van der Waals surface area (Å²) in [6.45, 7) is 1.58. The van der Waals surface area contributed by atoms with Crippen molar-refractivity contribution < 1.29 is 21.6 Å². The minimum Gasteiger partial charge on any atom is -0.245 e. The first kappa shape index (κ1) is 19.4. The fourth-order valence-electron chi connectivity index (χ4n) is 2.30. The number of halogens is 3. The predicted molar refractivity (Wildman–Crippen MR) is 86.5 cm³/mol. The van der Waals surface area contributed by atoms with Crippen LogP contribution in [0.5, 0.6) is 0 Å². The molecule has 0 bridgehead atoms. The van der Waals surface area contributed by atoms with Crippen LogP contribution in [-0.4, -0.2) is 47.6 Å². The molecule has 10 heteroatoms. The van der Waals surface area contributed by atoms with Gasteiger partial charge in [-0.15, -0.1) is 5.10 Å². The van der Waals surface area contributed by atoms with E-state index in [2.05, 4.69) is 10.3 Å². The number of aryl methyl sites for hydroxylation is 1. The second-order valence-electron chi connectivity index (χ2n) is 5.80. The molecule has 0 fully saturated rings. The molecule has 1 unspecified atom stereocenters. The third-order valence-electron chi connectivity index (χ3n) is 3.84. The Morgan fingerprint density at radius 3 is 2.48 bits per heavy atom. The van der Waals surface area contributed by atoms with Gasteiger partial charge in [0, 0.05) is 26.7 Å². The highest BCUT2D eigenvalue weighted by atomic mass is 32.2. The Labute approximate surface area is 144 Å². The van der Waals surface area contributed by atoms with E-state index in [1.165, 1.54) is 43.2 Å². The van der Waals surface area contributed by atoms with Crippen molar-refractivity contribution >= 4 is 10.0 Å². The molecule has 25 heavy (non-hydrogen) atoms. The fraction of sp³-hybridized carbons (Fsp3) is 0.467. The molecule has 1 heterocycles. The summed E-state index contributed by atoms with van der Waals surface area (Å²) in [5.74, 6) is -0.147. The van der Waals surface area contributed by atoms with Crippen LogP contribution in [0.1, 0.15) is 29.8 Å². The summed E-state index contributed by atoms with van der Waals surface area (Å²) in [7, 11) is -0.512. The van der Waals surface area contributed by atoms with E-state index in [1.54, 1.807) is 6.92 Å². The SMILES string of the molecule is CC(c1ccccc1C(F)(F)F)n1cc(CCS(=O)(=O)N(C)C)nn1. The third kappa shape index (κ3) is 4.57. The molecule has 2 aromatic rings. The van der Waals surface area contributed by atoms with Gasteiger partial charge in [0.1, 0.15) is 0 Å². The Hall–Kier alpha value is -1.94. The first-order valence-corrected chi connectivity index (χ1v) is 9.10. The number of sulfonamides is 1. The average Bonchev–Trinajstić information content (AvgIpc) is 3.00. The molecule has 0 aliphatic rings. The Morgan fingerprint density at radius 2 is 1.88 bits per heavy atom. The zero-order chi connectivity index (χ0) is 18.8. The average molecular weight is 376 g/mol. The van der Waals surface area contributed by atoms with E-state index in [4.69, 9.17) is 0 Å². The normalized spacial score (nSPS) is 14.0. The largest absolute Gasteiger partial charge is 0.416 e. The molecular formula is C15H19F3N4O2S. The van der Waals surface area contributed by atoms with E-state index in [9.17, 15) is 21.6 Å². The van der Waals surface area contributed by atoms with Gasteiger partial charge < -0.3 is 0 Å². The topological polar surface area (TPSA) is 68.1 Å². The van der Waals surface area contributed by atoms with Gasteiger partial charge in [-0.3, -0.25) is 0 Å². The number of rotatable bonds is 6. The molecule has 0 amide bonds. The van der Waals surface area contributed by atoms with Crippen LogP contribution in [0.25, 0.3) is 0 Å². The Bertz CT molecular complexity index is 831. The molecule has 0 N–H and O–H groups in total. The summed E-state index contributed by atoms with van der Waals surface area (Å²) in [4.78, 5) is 0. The van der Waals surface area contributed by atoms with Crippen molar-refractivity contribution in [3.05, 3.63) is 47.3 Å². The van der Waals surface area contributed by atoms with Crippen LogP contribution in [0.4, 0.5) is 13.2 Å². The van der Waals surface area contributed by atoms with Gasteiger partial charge in [-0.25, -0.2) is 17.4 Å². The number of aromatic nitrogens is 3. The zero-order valence-corrected chi connectivity index (χ0v) is 14.8. The number of nitrogens with zero attached hydrogens (tertiary/aromatic N) is 4. The van der Waals surface area contributed by atoms with E-state index in [1.807, 2.05) is 0 Å². The highest BCUT2D eigenvalue weighted by Crippen LogP contribution is 2.35. The lowest BCUT2D eigenvalue weighted by Gasteiger charge is -2.18. The van der Waals surface area contributed by atoms with Crippen molar-refractivity contribution in [1.29, 1.82) is 0 Å². The minimum atomic E-state index is -4.46. The van der Waals surface area contributed by atoms with Gasteiger partial charge in [0.05, 0.1) is 23.1 Å². The summed E-state index contributed by atoms with van der Waals surface area (Å²) in [5, 5.41) is 7.72. The molecule has 0 saturated carbocycles. The predicted octanol–water partition coefficient (Wildman–Crippen LogP) is 2.34. The molecule has 2 rings (SSSR count). The molecule has 1 aromatic carbocycles. The number of benzene rings is 1. The van der Waals surface area contributed by atoms with Gasteiger partial charge in [0.2, 0.25) is 10.0 Å². The second kappa shape index (κ2) is 7.12. The van der Waals surface area contributed by atoms with E-state index in [-0.39, 0.29) is 17.7 Å². The van der Waals surface area contributed by atoms with Crippen LogP contribution in [0.2, 0.25) is 0 Å². The van der Waals surface area contributed by atoms with Gasteiger partial charge in [-0.1, -0.05) is 23.4 Å². The third-order valence-corrected chi connectivity index (χ3v) is 5.68. The lowest BCUT2D eigenvalue weighted by Crippen LogP contribution is -2.26. The summed E-state index contributed by atoms with van der Waals surface area (Å²) in [5.41, 5.74) is -0.246. The van der Waals surface area contributed by atoms with E-state index in [0.717, 1.165) is 10.4 Å². The van der Waals surface area contributed by atoms with Crippen LogP contribution >= 0.6 is 0 Å². The quantitative estimate of drug-likeness (QED) is 0.776. The monoisotopic (exact) mass is 376 g/mol. The lowest BCUT2D eigenvalue weighted by molar-refractivity contribution is -0.138. The minimum absolute atomic E-state index is 0.0763. The number of alkyl halides is 3. The smallest absolute Gasteiger partial charge is 0.245 e. The van der Waals surface area contributed by atoms with Crippen molar-refractivity contribution in [1.82, 2.24) is 19.3 Å². The van der Waals surface area contributed by atoms with Crippen molar-refractivity contribution in [3.8, 4) is 0 Å². The molecular weight excluding hydrogens is 357 g/mol. The maximum absolute atomic E-state index is 13.1. The van der Waals surface area contributed by atoms with Gasteiger partial charge >= 0.3 is 6.18 Å². The van der Waals surface area contributed by atoms with Gasteiger partial charge in [0.25, 0.3) is 0 Å². The first-order valence-electron chi connectivity index (χ1n) is 7.49. The van der Waals surface area contributed by atoms with E-state index >= 15 is 0 Å². The maximum atomic E-state index is 13.1. The molecule has 6 nitrogen and oxygen atoms in total. The molecule has 0 aliphatic carbocycles. The highest BCUT2D eigenvalue weighted by Gasteiger charge is 2.34. The fourth-order valence-corrected chi connectivity index (χ4v) is 3.13. The molecule has 0 aliphatic heterocycles. The van der Waals surface area contributed by atoms with Gasteiger partial charge in [-0.2, -0.15) is 13.2 Å². The first-order chi connectivity index (χ1) is 11.5. The van der Waals surface area contributed by atoms with Crippen LogP contribution in [0.15, 0.2) is 30.5 Å². The lowest BCUT2D eigenvalue weighted by atomic mass is 10.0. The van der Waals surface area contributed by atoms with E-state index in [0.29, 0.717) is 5.69 Å². The summed E-state index contributed by atoms with van der Waals surface area (Å²) >= 11 is 0. The standard InChI is InChI=1S/C15H19F3N4O2S/c1-11(13-6-4-5-7-14(13)15(16,17)18)22-10-12(19-20-22)8-9-25(23,24)21(2)3/h4-7,10-11H,8-9H2,1-3H3. The van der Waals surface area contributed by atoms with Crippen LogP contribution in [0.3, 0.4) is 0 Å².